The fourth-order valence-electron chi connectivity index (χ4n) is 1.44. The highest BCUT2D eigenvalue weighted by Gasteiger charge is 2.60. The summed E-state index contributed by atoms with van der Waals surface area (Å²) in [5.74, 6) is -5.61. The fraction of sp³-hybridized carbons (Fsp3) is 0.889. The lowest BCUT2D eigenvalue weighted by Gasteiger charge is -2.36. The van der Waals surface area contributed by atoms with Gasteiger partial charge in [0.25, 0.3) is 0 Å². The highest BCUT2D eigenvalue weighted by atomic mass is 19.3. The third kappa shape index (κ3) is 2.26. The third-order valence-electron chi connectivity index (χ3n) is 2.34. The topological polar surface area (TPSA) is 55.8 Å². The summed E-state index contributed by atoms with van der Waals surface area (Å²) < 4.78 is 35.9. The maximum absolute atomic E-state index is 13.5. The Morgan fingerprint density at radius 3 is 2.80 bits per heavy atom. The van der Waals surface area contributed by atoms with Crippen molar-refractivity contribution in [3.63, 3.8) is 0 Å². The lowest BCUT2D eigenvalue weighted by atomic mass is 9.89. The van der Waals surface area contributed by atoms with Crippen molar-refractivity contribution >= 4 is 5.97 Å². The SMILES string of the molecule is CCOC(=O)C(F)(F)C1(O)CCCOC1. The normalized spacial score (nSPS) is 27.5. The molecule has 0 spiro atoms. The lowest BCUT2D eigenvalue weighted by molar-refractivity contribution is -0.236. The van der Waals surface area contributed by atoms with Crippen molar-refractivity contribution in [3.05, 3.63) is 0 Å². The molecule has 0 aromatic carbocycles. The van der Waals surface area contributed by atoms with Crippen LogP contribution in [0, 0.1) is 0 Å². The summed E-state index contributed by atoms with van der Waals surface area (Å²) in [6, 6.07) is 0. The van der Waals surface area contributed by atoms with Gasteiger partial charge in [0.2, 0.25) is 0 Å². The second-order valence-corrected chi connectivity index (χ2v) is 3.48. The molecule has 4 nitrogen and oxygen atoms in total. The molecule has 1 fully saturated rings. The van der Waals surface area contributed by atoms with Gasteiger partial charge in [0.1, 0.15) is 0 Å². The van der Waals surface area contributed by atoms with Crippen molar-refractivity contribution < 1.29 is 28.2 Å². The van der Waals surface area contributed by atoms with Gasteiger partial charge >= 0.3 is 11.9 Å². The molecule has 1 aliphatic heterocycles. The quantitative estimate of drug-likeness (QED) is 0.718. The summed E-state index contributed by atoms with van der Waals surface area (Å²) in [5, 5.41) is 9.62. The minimum absolute atomic E-state index is 0.147. The zero-order chi connectivity index (χ0) is 11.5. The Morgan fingerprint density at radius 2 is 2.33 bits per heavy atom. The minimum Gasteiger partial charge on any atom is -0.461 e. The van der Waals surface area contributed by atoms with E-state index in [1.54, 1.807) is 0 Å². The average Bonchev–Trinajstić information content (AvgIpc) is 2.19. The Bertz CT molecular complexity index is 236. The van der Waals surface area contributed by atoms with Crippen LogP contribution in [0.2, 0.25) is 0 Å². The van der Waals surface area contributed by atoms with E-state index in [9.17, 15) is 18.7 Å². The minimum atomic E-state index is -3.91. The van der Waals surface area contributed by atoms with E-state index in [2.05, 4.69) is 4.74 Å². The van der Waals surface area contributed by atoms with Crippen LogP contribution in [0.15, 0.2) is 0 Å². The summed E-state index contributed by atoms with van der Waals surface area (Å²) in [7, 11) is 0. The summed E-state index contributed by atoms with van der Waals surface area (Å²) in [4.78, 5) is 11.0. The Kier molecular flexibility index (Phi) is 3.62. The molecule has 0 amide bonds. The molecule has 0 bridgehead atoms. The van der Waals surface area contributed by atoms with E-state index in [4.69, 9.17) is 4.74 Å². The molecule has 0 radical (unpaired) electrons. The second kappa shape index (κ2) is 4.40. The van der Waals surface area contributed by atoms with Crippen LogP contribution in [0.1, 0.15) is 19.8 Å². The Morgan fingerprint density at radius 1 is 1.67 bits per heavy atom. The zero-order valence-corrected chi connectivity index (χ0v) is 8.46. The molecule has 1 unspecified atom stereocenters. The van der Waals surface area contributed by atoms with Crippen LogP contribution in [-0.4, -0.2) is 42.4 Å². The van der Waals surface area contributed by atoms with E-state index in [1.807, 2.05) is 0 Å². The van der Waals surface area contributed by atoms with Crippen molar-refractivity contribution in [2.75, 3.05) is 19.8 Å². The van der Waals surface area contributed by atoms with Crippen LogP contribution < -0.4 is 0 Å². The molecule has 1 rings (SSSR count). The molecule has 88 valence electrons. The average molecular weight is 224 g/mol. The van der Waals surface area contributed by atoms with Gasteiger partial charge in [-0.25, -0.2) is 4.79 Å². The molecule has 0 aliphatic carbocycles. The molecule has 1 aliphatic rings. The summed E-state index contributed by atoms with van der Waals surface area (Å²) in [6.45, 7) is 1.06. The van der Waals surface area contributed by atoms with E-state index < -0.39 is 24.1 Å². The molecule has 0 aromatic heterocycles. The van der Waals surface area contributed by atoms with E-state index in [1.165, 1.54) is 6.92 Å². The van der Waals surface area contributed by atoms with Gasteiger partial charge in [0, 0.05) is 6.61 Å². The van der Waals surface area contributed by atoms with Gasteiger partial charge in [0.15, 0.2) is 5.60 Å². The van der Waals surface area contributed by atoms with Gasteiger partial charge in [-0.05, 0) is 19.8 Å². The van der Waals surface area contributed by atoms with Crippen molar-refractivity contribution in [2.45, 2.75) is 31.3 Å². The molecule has 0 aromatic rings. The second-order valence-electron chi connectivity index (χ2n) is 3.48. The first-order valence-corrected chi connectivity index (χ1v) is 4.79. The van der Waals surface area contributed by atoms with Gasteiger partial charge in [-0.15, -0.1) is 0 Å². The molecule has 1 heterocycles. The van der Waals surface area contributed by atoms with E-state index >= 15 is 0 Å². The van der Waals surface area contributed by atoms with Crippen LogP contribution in [0.3, 0.4) is 0 Å². The van der Waals surface area contributed by atoms with E-state index in [0.717, 1.165) is 0 Å². The van der Waals surface area contributed by atoms with Crippen molar-refractivity contribution in [3.8, 4) is 0 Å². The number of hydrogen-bond donors (Lipinski definition) is 1. The molecule has 1 N–H and O–H groups in total. The molecule has 0 saturated carbocycles. The van der Waals surface area contributed by atoms with Crippen molar-refractivity contribution in [2.24, 2.45) is 0 Å². The van der Waals surface area contributed by atoms with Crippen LogP contribution >= 0.6 is 0 Å². The largest absolute Gasteiger partial charge is 0.461 e. The first-order chi connectivity index (χ1) is 6.94. The zero-order valence-electron chi connectivity index (χ0n) is 8.46. The number of esters is 1. The first-order valence-electron chi connectivity index (χ1n) is 4.79. The number of rotatable bonds is 3. The molecule has 1 saturated heterocycles. The molecular formula is C9H14F2O4. The van der Waals surface area contributed by atoms with Gasteiger partial charge < -0.3 is 14.6 Å². The van der Waals surface area contributed by atoms with Gasteiger partial charge in [-0.3, -0.25) is 0 Å². The monoisotopic (exact) mass is 224 g/mol. The number of halogens is 2. The smallest absolute Gasteiger partial charge is 0.380 e. The molecule has 6 heteroatoms. The summed E-state index contributed by atoms with van der Waals surface area (Å²) >= 11 is 0. The highest BCUT2D eigenvalue weighted by molar-refractivity contribution is 5.79. The predicted molar refractivity (Wildman–Crippen MR) is 46.6 cm³/mol. The third-order valence-corrected chi connectivity index (χ3v) is 2.34. The number of ether oxygens (including phenoxy) is 2. The maximum Gasteiger partial charge on any atom is 0.380 e. The van der Waals surface area contributed by atoms with Crippen molar-refractivity contribution in [1.29, 1.82) is 0 Å². The number of alkyl halides is 2. The maximum atomic E-state index is 13.5. The van der Waals surface area contributed by atoms with Crippen LogP contribution in [0.4, 0.5) is 8.78 Å². The molecule has 1 atom stereocenters. The van der Waals surface area contributed by atoms with Crippen LogP contribution in [-0.2, 0) is 14.3 Å². The molecular weight excluding hydrogens is 210 g/mol. The number of aliphatic hydroxyl groups is 1. The Hall–Kier alpha value is -0.750. The highest BCUT2D eigenvalue weighted by Crippen LogP contribution is 2.36. The summed E-state index contributed by atoms with van der Waals surface area (Å²) in [6.07, 6.45) is 0.129. The van der Waals surface area contributed by atoms with Gasteiger partial charge in [-0.1, -0.05) is 0 Å². The van der Waals surface area contributed by atoms with Gasteiger partial charge in [0.05, 0.1) is 13.2 Å². The summed E-state index contributed by atoms with van der Waals surface area (Å²) in [5.41, 5.74) is -2.43. The Balaban J connectivity index is 2.77. The molecule has 15 heavy (non-hydrogen) atoms. The predicted octanol–water partition coefficient (Wildman–Crippen LogP) is 0.726. The lowest BCUT2D eigenvalue weighted by Crippen LogP contribution is -2.58. The van der Waals surface area contributed by atoms with Crippen LogP contribution in [0.5, 0.6) is 0 Å². The van der Waals surface area contributed by atoms with Gasteiger partial charge in [-0.2, -0.15) is 8.78 Å². The Labute approximate surface area is 86.2 Å². The number of carbonyl (C=O) groups excluding carboxylic acids is 1. The van der Waals surface area contributed by atoms with Crippen LogP contribution in [0.25, 0.3) is 0 Å². The fourth-order valence-corrected chi connectivity index (χ4v) is 1.44. The van der Waals surface area contributed by atoms with Crippen molar-refractivity contribution in [1.82, 2.24) is 0 Å². The van der Waals surface area contributed by atoms with E-state index in [0.29, 0.717) is 13.0 Å². The number of carbonyl (C=O) groups is 1. The number of hydrogen-bond acceptors (Lipinski definition) is 4. The van der Waals surface area contributed by atoms with E-state index in [-0.39, 0.29) is 13.0 Å². The standard InChI is InChI=1S/C9H14F2O4/c1-2-15-7(12)9(10,11)8(13)4-3-5-14-6-8/h13H,2-6H2,1H3. The first kappa shape index (κ1) is 12.3.